The van der Waals surface area contributed by atoms with E-state index in [2.05, 4.69) is 147 Å². The third-order valence-corrected chi connectivity index (χ3v) is 7.88. The molecule has 0 atom stereocenters. The van der Waals surface area contributed by atoms with Crippen molar-refractivity contribution in [2.45, 2.75) is 98.8 Å². The van der Waals surface area contributed by atoms with Gasteiger partial charge in [-0.25, -0.2) is 4.57 Å². The number of fused-ring (bicyclic) bond motifs is 1. The van der Waals surface area contributed by atoms with Gasteiger partial charge in [0, 0.05) is 11.1 Å². The van der Waals surface area contributed by atoms with Crippen molar-refractivity contribution in [3.8, 4) is 17.1 Å². The number of hydrogen-bond acceptors (Lipinski definition) is 0. The van der Waals surface area contributed by atoms with Gasteiger partial charge in [0.15, 0.2) is 11.0 Å². The molecular weight excluding hydrogens is 448 g/mol. The molecule has 3 aromatic carbocycles. The van der Waals surface area contributed by atoms with E-state index in [1.165, 1.54) is 55.9 Å². The van der Waals surface area contributed by atoms with E-state index < -0.39 is 0 Å². The molecule has 0 bridgehead atoms. The third kappa shape index (κ3) is 4.88. The maximum Gasteiger partial charge on any atom is 0.295 e. The molecular formula is C35H47N2+. The molecule has 0 fully saturated rings. The molecule has 0 aliphatic carbocycles. The van der Waals surface area contributed by atoms with Gasteiger partial charge in [-0.1, -0.05) is 106 Å². The van der Waals surface area contributed by atoms with E-state index in [-0.39, 0.29) is 10.8 Å². The van der Waals surface area contributed by atoms with Crippen molar-refractivity contribution in [1.82, 2.24) is 4.57 Å². The summed E-state index contributed by atoms with van der Waals surface area (Å²) >= 11 is 0. The van der Waals surface area contributed by atoms with Crippen LogP contribution in [0.2, 0.25) is 0 Å². The largest absolute Gasteiger partial charge is 0.295 e. The number of benzene rings is 3. The van der Waals surface area contributed by atoms with E-state index in [1.54, 1.807) is 0 Å². The van der Waals surface area contributed by atoms with Crippen LogP contribution in [-0.2, 0) is 17.9 Å². The Labute approximate surface area is 225 Å². The maximum atomic E-state index is 2.57. The Morgan fingerprint density at radius 1 is 0.703 bits per heavy atom. The fraction of sp³-hybridized carbons (Fsp3) is 0.457. The third-order valence-electron chi connectivity index (χ3n) is 7.88. The minimum Gasteiger partial charge on any atom is -0.225 e. The van der Waals surface area contributed by atoms with Crippen LogP contribution in [0, 0.1) is 6.92 Å². The Kier molecular flexibility index (Phi) is 6.95. The zero-order valence-corrected chi connectivity index (χ0v) is 25.2. The molecule has 2 nitrogen and oxygen atoms in total. The first-order valence-electron chi connectivity index (χ1n) is 13.9. The number of nitrogens with zero attached hydrogens (tertiary/aromatic N) is 2. The zero-order chi connectivity index (χ0) is 27.4. The fourth-order valence-electron chi connectivity index (χ4n) is 5.45. The lowest BCUT2D eigenvalue weighted by atomic mass is 9.85. The molecule has 196 valence electrons. The molecule has 0 unspecified atom stereocenters. The van der Waals surface area contributed by atoms with Crippen molar-refractivity contribution in [1.29, 1.82) is 0 Å². The van der Waals surface area contributed by atoms with Crippen molar-refractivity contribution < 1.29 is 4.57 Å². The topological polar surface area (TPSA) is 8.81 Å². The summed E-state index contributed by atoms with van der Waals surface area (Å²) in [5.74, 6) is 2.08. The van der Waals surface area contributed by atoms with Crippen LogP contribution in [0.15, 0.2) is 54.6 Å². The highest BCUT2D eigenvalue weighted by Crippen LogP contribution is 2.39. The molecule has 4 rings (SSSR count). The molecule has 0 radical (unpaired) electrons. The zero-order valence-electron chi connectivity index (χ0n) is 25.2. The van der Waals surface area contributed by atoms with Crippen molar-refractivity contribution >= 4 is 11.0 Å². The summed E-state index contributed by atoms with van der Waals surface area (Å²) in [5, 5.41) is 0. The first-order chi connectivity index (χ1) is 17.1. The minimum atomic E-state index is 0.0796. The summed E-state index contributed by atoms with van der Waals surface area (Å²) in [4.78, 5) is 0. The van der Waals surface area contributed by atoms with Crippen LogP contribution in [0.5, 0.6) is 0 Å². The Morgan fingerprint density at radius 3 is 1.73 bits per heavy atom. The molecule has 4 aromatic rings. The summed E-state index contributed by atoms with van der Waals surface area (Å²) in [7, 11) is 2.25. The van der Waals surface area contributed by atoms with Crippen molar-refractivity contribution in [2.24, 2.45) is 7.05 Å². The Morgan fingerprint density at radius 2 is 1.22 bits per heavy atom. The van der Waals surface area contributed by atoms with Gasteiger partial charge < -0.3 is 0 Å². The first kappa shape index (κ1) is 27.2. The van der Waals surface area contributed by atoms with Gasteiger partial charge in [0.05, 0.1) is 12.6 Å². The quantitative estimate of drug-likeness (QED) is 0.249. The van der Waals surface area contributed by atoms with Gasteiger partial charge >= 0.3 is 0 Å². The van der Waals surface area contributed by atoms with Gasteiger partial charge in [-0.2, -0.15) is 4.57 Å². The highest BCUT2D eigenvalue weighted by atomic mass is 15.2. The van der Waals surface area contributed by atoms with Gasteiger partial charge in [0.1, 0.15) is 5.69 Å². The Hall–Kier alpha value is -2.87. The van der Waals surface area contributed by atoms with E-state index >= 15 is 0 Å². The molecule has 0 saturated heterocycles. The SMILES string of the molecule is Cc1ccc(C(C)(C)C)cc1-c1n(-c2c(C(C)C)cccc2C(C)C)c2ccc(C(C)(C)C)cc2[n+]1C. The average Bonchev–Trinajstić information content (AvgIpc) is 3.08. The number of hydrogen-bond donors (Lipinski definition) is 0. The van der Waals surface area contributed by atoms with E-state index in [9.17, 15) is 0 Å². The Balaban J connectivity index is 2.24. The van der Waals surface area contributed by atoms with Gasteiger partial charge in [-0.15, -0.1) is 0 Å². The lowest BCUT2D eigenvalue weighted by Gasteiger charge is -2.21. The summed E-state index contributed by atoms with van der Waals surface area (Å²) in [5.41, 5.74) is 12.2. The fourth-order valence-corrected chi connectivity index (χ4v) is 5.45. The average molecular weight is 496 g/mol. The number of para-hydroxylation sites is 1. The van der Waals surface area contributed by atoms with Crippen LogP contribution in [-0.4, -0.2) is 4.57 Å². The normalized spacial score (nSPS) is 12.8. The summed E-state index contributed by atoms with van der Waals surface area (Å²) < 4.78 is 5.00. The molecule has 2 heteroatoms. The van der Waals surface area contributed by atoms with Gasteiger partial charge in [0.25, 0.3) is 5.82 Å². The minimum absolute atomic E-state index is 0.0796. The lowest BCUT2D eigenvalue weighted by molar-refractivity contribution is -0.633. The number of imidazole rings is 1. The van der Waals surface area contributed by atoms with E-state index in [0.717, 1.165) is 0 Å². The lowest BCUT2D eigenvalue weighted by Crippen LogP contribution is -2.31. The summed E-state index contributed by atoms with van der Waals surface area (Å²) in [6.07, 6.45) is 0. The monoisotopic (exact) mass is 495 g/mol. The predicted octanol–water partition coefficient (Wildman–Crippen LogP) is 9.27. The van der Waals surface area contributed by atoms with E-state index in [4.69, 9.17) is 0 Å². The van der Waals surface area contributed by atoms with Crippen molar-refractivity contribution in [3.63, 3.8) is 0 Å². The van der Waals surface area contributed by atoms with Crippen molar-refractivity contribution in [3.05, 3.63) is 82.4 Å². The van der Waals surface area contributed by atoms with Gasteiger partial charge in [-0.3, -0.25) is 0 Å². The molecule has 37 heavy (non-hydrogen) atoms. The second kappa shape index (κ2) is 9.46. The molecule has 0 saturated carbocycles. The summed E-state index contributed by atoms with van der Waals surface area (Å²) in [6, 6.07) is 21.0. The van der Waals surface area contributed by atoms with Gasteiger partial charge in [0.2, 0.25) is 0 Å². The molecule has 1 aromatic heterocycles. The number of aromatic nitrogens is 2. The maximum absolute atomic E-state index is 2.57. The number of aryl methyl sites for hydroxylation is 2. The first-order valence-corrected chi connectivity index (χ1v) is 13.9. The van der Waals surface area contributed by atoms with Crippen LogP contribution in [0.4, 0.5) is 0 Å². The molecule has 0 amide bonds. The predicted molar refractivity (Wildman–Crippen MR) is 160 cm³/mol. The standard InChI is InChI=1S/C35H47N2/c1-22(2)27-14-13-15-28(23(3)4)32(27)37-30-19-18-26(35(9,10)11)21-31(30)36(12)33(37)29-20-25(34(6,7)8)17-16-24(29)5/h13-23H,1-12H3/q+1. The van der Waals surface area contributed by atoms with Crippen molar-refractivity contribution in [2.75, 3.05) is 0 Å². The van der Waals surface area contributed by atoms with Crippen LogP contribution in [0.3, 0.4) is 0 Å². The second-order valence-electron chi connectivity index (χ2n) is 13.5. The van der Waals surface area contributed by atoms with E-state index in [1.807, 2.05) is 0 Å². The van der Waals surface area contributed by atoms with Crippen LogP contribution >= 0.6 is 0 Å². The van der Waals surface area contributed by atoms with E-state index in [0.29, 0.717) is 11.8 Å². The second-order valence-corrected chi connectivity index (χ2v) is 13.5. The highest BCUT2D eigenvalue weighted by molar-refractivity contribution is 5.82. The summed E-state index contributed by atoms with van der Waals surface area (Å²) in [6.45, 7) is 25.3. The van der Waals surface area contributed by atoms with Gasteiger partial charge in [-0.05, 0) is 64.5 Å². The number of rotatable bonds is 4. The van der Waals surface area contributed by atoms with Crippen LogP contribution in [0.1, 0.15) is 109 Å². The smallest absolute Gasteiger partial charge is 0.225 e. The molecule has 1 heterocycles. The van der Waals surface area contributed by atoms with Crippen LogP contribution in [0.25, 0.3) is 28.1 Å². The van der Waals surface area contributed by atoms with Crippen LogP contribution < -0.4 is 4.57 Å². The molecule has 0 spiro atoms. The highest BCUT2D eigenvalue weighted by Gasteiger charge is 2.32. The molecule has 0 aliphatic heterocycles. The Bertz CT molecular complexity index is 1420. The molecule has 0 N–H and O–H groups in total. The molecule has 0 aliphatic rings.